The summed E-state index contributed by atoms with van der Waals surface area (Å²) in [4.78, 5) is 19.3. The van der Waals surface area contributed by atoms with Gasteiger partial charge >= 0.3 is 0 Å². The van der Waals surface area contributed by atoms with Gasteiger partial charge in [-0.2, -0.15) is 0 Å². The summed E-state index contributed by atoms with van der Waals surface area (Å²) in [6.07, 6.45) is 4.35. The molecule has 7 heteroatoms. The topological polar surface area (TPSA) is 63.7 Å². The van der Waals surface area contributed by atoms with Crippen molar-refractivity contribution >= 4 is 45.9 Å². The van der Waals surface area contributed by atoms with E-state index in [0.29, 0.717) is 22.3 Å². The molecule has 1 aliphatic rings. The van der Waals surface area contributed by atoms with Crippen molar-refractivity contribution in [2.45, 2.75) is 20.0 Å². The summed E-state index contributed by atoms with van der Waals surface area (Å²) in [5.74, 6) is 1.21. The standard InChI is InChI=1S/C29H25N3O3S/c1-3-20-8-4-5-11-24(20)32-28(33)23(31-29(32)36)17-19-13-14-25(34-2)22(16-19)18-35-26-12-6-9-21-10-7-15-30-27(21)26/h4-17H,3,18H2,1-2H3,(H,31,36)/b23-17+. The predicted molar refractivity (Wildman–Crippen MR) is 146 cm³/mol. The van der Waals surface area contributed by atoms with Crippen molar-refractivity contribution in [2.75, 3.05) is 12.0 Å². The minimum absolute atomic E-state index is 0.184. The van der Waals surface area contributed by atoms with Crippen molar-refractivity contribution in [2.24, 2.45) is 0 Å². The molecule has 3 aromatic carbocycles. The SMILES string of the molecule is CCc1ccccc1N1C(=O)/C(=C\c2ccc(OC)c(COc3cccc4cccnc34)c2)NC1=S. The molecule has 0 unspecified atom stereocenters. The number of aromatic nitrogens is 1. The Morgan fingerprint density at radius 2 is 1.83 bits per heavy atom. The summed E-state index contributed by atoms with van der Waals surface area (Å²) in [6, 6.07) is 23.3. The average molecular weight is 496 g/mol. The quantitative estimate of drug-likeness (QED) is 0.264. The molecule has 180 valence electrons. The molecule has 4 aromatic rings. The highest BCUT2D eigenvalue weighted by molar-refractivity contribution is 7.80. The highest BCUT2D eigenvalue weighted by atomic mass is 32.1. The third-order valence-electron chi connectivity index (χ3n) is 6.09. The van der Waals surface area contributed by atoms with Crippen LogP contribution in [0.2, 0.25) is 0 Å². The fourth-order valence-corrected chi connectivity index (χ4v) is 4.59. The lowest BCUT2D eigenvalue weighted by Crippen LogP contribution is -2.31. The number of rotatable bonds is 7. The molecule has 1 aromatic heterocycles. The van der Waals surface area contributed by atoms with Crippen LogP contribution in [0.15, 0.2) is 84.7 Å². The zero-order chi connectivity index (χ0) is 25.1. The number of benzene rings is 3. The number of hydrogen-bond acceptors (Lipinski definition) is 5. The smallest absolute Gasteiger partial charge is 0.281 e. The Morgan fingerprint density at radius 1 is 1.00 bits per heavy atom. The maximum atomic E-state index is 13.3. The molecule has 1 fully saturated rings. The van der Waals surface area contributed by atoms with E-state index in [1.54, 1.807) is 24.3 Å². The van der Waals surface area contributed by atoms with E-state index in [1.807, 2.05) is 72.8 Å². The summed E-state index contributed by atoms with van der Waals surface area (Å²) in [5.41, 5.74) is 4.76. The van der Waals surface area contributed by atoms with Crippen molar-refractivity contribution in [1.82, 2.24) is 10.3 Å². The number of nitrogens with one attached hydrogen (secondary N) is 1. The first-order chi connectivity index (χ1) is 17.6. The Bertz CT molecular complexity index is 1490. The van der Waals surface area contributed by atoms with E-state index < -0.39 is 0 Å². The minimum Gasteiger partial charge on any atom is -0.496 e. The lowest BCUT2D eigenvalue weighted by molar-refractivity contribution is -0.113. The van der Waals surface area contributed by atoms with Gasteiger partial charge in [-0.25, -0.2) is 0 Å². The van der Waals surface area contributed by atoms with E-state index in [9.17, 15) is 4.79 Å². The number of ether oxygens (including phenoxy) is 2. The van der Waals surface area contributed by atoms with Gasteiger partial charge in [0.15, 0.2) is 5.11 Å². The van der Waals surface area contributed by atoms with Crippen LogP contribution in [0.4, 0.5) is 5.69 Å². The zero-order valence-electron chi connectivity index (χ0n) is 20.0. The van der Waals surface area contributed by atoms with E-state index in [2.05, 4.69) is 17.2 Å². The van der Waals surface area contributed by atoms with Gasteiger partial charge in [0.25, 0.3) is 5.91 Å². The van der Waals surface area contributed by atoms with E-state index in [1.165, 1.54) is 0 Å². The second-order valence-electron chi connectivity index (χ2n) is 8.30. The third kappa shape index (κ3) is 4.53. The van der Waals surface area contributed by atoms with E-state index in [4.69, 9.17) is 21.7 Å². The average Bonchev–Trinajstić information content (AvgIpc) is 3.19. The molecule has 0 atom stereocenters. The van der Waals surface area contributed by atoms with E-state index in [0.717, 1.165) is 39.7 Å². The number of carbonyl (C=O) groups is 1. The second kappa shape index (κ2) is 10.2. The number of methoxy groups -OCH3 is 1. The summed E-state index contributed by atoms with van der Waals surface area (Å²) in [7, 11) is 1.62. The predicted octanol–water partition coefficient (Wildman–Crippen LogP) is 5.65. The summed E-state index contributed by atoms with van der Waals surface area (Å²) in [6.45, 7) is 2.34. The maximum absolute atomic E-state index is 13.3. The number of thiocarbonyl (C=S) groups is 1. The van der Waals surface area contributed by atoms with Crippen LogP contribution in [0, 0.1) is 0 Å². The van der Waals surface area contributed by atoms with Crippen LogP contribution in [-0.4, -0.2) is 23.1 Å². The van der Waals surface area contributed by atoms with Crippen molar-refractivity contribution < 1.29 is 14.3 Å². The number of anilines is 1. The molecule has 1 amide bonds. The maximum Gasteiger partial charge on any atom is 0.281 e. The molecule has 0 radical (unpaired) electrons. The van der Waals surface area contributed by atoms with Gasteiger partial charge in [0.1, 0.15) is 29.3 Å². The molecule has 1 aliphatic heterocycles. The van der Waals surface area contributed by atoms with Crippen LogP contribution in [0.3, 0.4) is 0 Å². The van der Waals surface area contributed by atoms with Crippen LogP contribution in [0.1, 0.15) is 23.6 Å². The van der Waals surface area contributed by atoms with Gasteiger partial charge in [0.05, 0.1) is 12.8 Å². The molecule has 5 rings (SSSR count). The highest BCUT2D eigenvalue weighted by Crippen LogP contribution is 2.29. The molecular weight excluding hydrogens is 470 g/mol. The monoisotopic (exact) mass is 495 g/mol. The summed E-state index contributed by atoms with van der Waals surface area (Å²) < 4.78 is 11.7. The van der Waals surface area contributed by atoms with Crippen molar-refractivity contribution in [1.29, 1.82) is 0 Å². The number of para-hydroxylation sites is 2. The van der Waals surface area contributed by atoms with Crippen LogP contribution in [0.5, 0.6) is 11.5 Å². The Kier molecular flexibility index (Phi) is 6.64. The molecule has 0 spiro atoms. The van der Waals surface area contributed by atoms with Crippen LogP contribution < -0.4 is 19.7 Å². The normalized spacial score (nSPS) is 14.4. The molecule has 6 nitrogen and oxygen atoms in total. The van der Waals surface area contributed by atoms with Gasteiger partial charge in [-0.1, -0.05) is 49.4 Å². The van der Waals surface area contributed by atoms with Crippen molar-refractivity contribution in [3.05, 3.63) is 101 Å². The molecule has 0 aliphatic carbocycles. The first kappa shape index (κ1) is 23.5. The molecular formula is C29H25N3O3S. The first-order valence-electron chi connectivity index (χ1n) is 11.7. The number of nitrogens with zero attached hydrogens (tertiary/aromatic N) is 2. The van der Waals surface area contributed by atoms with Crippen molar-refractivity contribution in [3.8, 4) is 11.5 Å². The summed E-state index contributed by atoms with van der Waals surface area (Å²) >= 11 is 5.51. The third-order valence-corrected chi connectivity index (χ3v) is 6.37. The van der Waals surface area contributed by atoms with Crippen molar-refractivity contribution in [3.63, 3.8) is 0 Å². The lowest BCUT2D eigenvalue weighted by Gasteiger charge is -2.17. The molecule has 36 heavy (non-hydrogen) atoms. The van der Waals surface area contributed by atoms with E-state index in [-0.39, 0.29) is 12.5 Å². The largest absolute Gasteiger partial charge is 0.496 e. The Balaban J connectivity index is 1.41. The fourth-order valence-electron chi connectivity index (χ4n) is 4.30. The fraction of sp³-hybridized carbons (Fsp3) is 0.138. The molecule has 2 heterocycles. The van der Waals surface area contributed by atoms with Gasteiger partial charge in [0.2, 0.25) is 0 Å². The number of carbonyl (C=O) groups excluding carboxylic acids is 1. The number of amides is 1. The Morgan fingerprint density at radius 3 is 2.67 bits per heavy atom. The molecule has 0 bridgehead atoms. The van der Waals surface area contributed by atoms with Gasteiger partial charge < -0.3 is 14.8 Å². The van der Waals surface area contributed by atoms with Crippen LogP contribution in [0.25, 0.3) is 17.0 Å². The van der Waals surface area contributed by atoms with E-state index >= 15 is 0 Å². The highest BCUT2D eigenvalue weighted by Gasteiger charge is 2.33. The van der Waals surface area contributed by atoms with Crippen LogP contribution in [-0.2, 0) is 17.8 Å². The van der Waals surface area contributed by atoms with Crippen LogP contribution >= 0.6 is 12.2 Å². The first-order valence-corrected chi connectivity index (χ1v) is 12.1. The van der Waals surface area contributed by atoms with Gasteiger partial charge in [-0.05, 0) is 66.2 Å². The number of hydrogen-bond donors (Lipinski definition) is 1. The molecule has 1 N–H and O–H groups in total. The number of pyridine rings is 1. The lowest BCUT2D eigenvalue weighted by atomic mass is 10.1. The Hall–Kier alpha value is -4.23. The number of aryl methyl sites for hydroxylation is 1. The van der Waals surface area contributed by atoms with Gasteiger partial charge in [0, 0.05) is 17.1 Å². The second-order valence-corrected chi connectivity index (χ2v) is 8.69. The molecule has 0 saturated carbocycles. The minimum atomic E-state index is -0.184. The summed E-state index contributed by atoms with van der Waals surface area (Å²) in [5, 5.41) is 4.46. The molecule has 1 saturated heterocycles. The zero-order valence-corrected chi connectivity index (χ0v) is 20.8. The van der Waals surface area contributed by atoms with Gasteiger partial charge in [-0.15, -0.1) is 0 Å². The van der Waals surface area contributed by atoms with Gasteiger partial charge in [-0.3, -0.25) is 14.7 Å². The number of fused-ring (bicyclic) bond motifs is 1. The Labute approximate surface area is 215 Å².